The van der Waals surface area contributed by atoms with Gasteiger partial charge in [-0.3, -0.25) is 14.5 Å². The molecular weight excluding hydrogens is 357 g/mol. The average molecular weight is 387 g/mol. The highest BCUT2D eigenvalue weighted by Gasteiger charge is 2.49. The van der Waals surface area contributed by atoms with E-state index in [9.17, 15) is 14.0 Å². The Labute approximate surface area is 166 Å². The number of halogens is 1. The first kappa shape index (κ1) is 19.4. The van der Waals surface area contributed by atoms with Gasteiger partial charge in [-0.25, -0.2) is 4.39 Å². The number of fused-ring (bicyclic) bond motifs is 4. The fourth-order valence-corrected chi connectivity index (χ4v) is 5.59. The number of nitrogens with zero attached hydrogens (tertiary/aromatic N) is 2. The SMILES string of the molecule is CC(=O)NC[C@H]1[C@H]2C[C@H](CN(Cc3ccc(F)cc3C)C2)[C@@H]2CCCC(=O)N21. The van der Waals surface area contributed by atoms with Gasteiger partial charge in [0.15, 0.2) is 0 Å². The largest absolute Gasteiger partial charge is 0.354 e. The summed E-state index contributed by atoms with van der Waals surface area (Å²) in [4.78, 5) is 28.8. The normalized spacial score (nSPS) is 30.1. The lowest BCUT2D eigenvalue weighted by molar-refractivity contribution is -0.153. The molecule has 0 spiro atoms. The van der Waals surface area contributed by atoms with E-state index >= 15 is 0 Å². The molecule has 1 N–H and O–H groups in total. The maximum Gasteiger partial charge on any atom is 0.223 e. The monoisotopic (exact) mass is 387 g/mol. The molecule has 4 atom stereocenters. The number of hydrogen-bond acceptors (Lipinski definition) is 3. The van der Waals surface area contributed by atoms with Crippen molar-refractivity contribution >= 4 is 11.8 Å². The molecule has 1 aromatic carbocycles. The molecule has 0 aliphatic carbocycles. The molecule has 5 nitrogen and oxygen atoms in total. The third-order valence-corrected chi connectivity index (χ3v) is 6.83. The molecule has 1 aromatic rings. The minimum atomic E-state index is -0.191. The number of amides is 2. The van der Waals surface area contributed by atoms with Crippen molar-refractivity contribution in [1.82, 2.24) is 15.1 Å². The second-order valence-corrected chi connectivity index (χ2v) is 8.79. The van der Waals surface area contributed by atoms with Crippen molar-refractivity contribution in [1.29, 1.82) is 0 Å². The van der Waals surface area contributed by atoms with Crippen LogP contribution in [0.3, 0.4) is 0 Å². The third-order valence-electron chi connectivity index (χ3n) is 6.83. The maximum absolute atomic E-state index is 13.5. The molecule has 0 radical (unpaired) electrons. The molecule has 2 bridgehead atoms. The molecule has 3 aliphatic heterocycles. The van der Waals surface area contributed by atoms with Gasteiger partial charge in [-0.15, -0.1) is 0 Å². The van der Waals surface area contributed by atoms with Crippen LogP contribution in [0.1, 0.15) is 43.7 Å². The summed E-state index contributed by atoms with van der Waals surface area (Å²) in [6, 6.07) is 5.39. The van der Waals surface area contributed by atoms with Crippen LogP contribution in [0.15, 0.2) is 18.2 Å². The zero-order valence-corrected chi connectivity index (χ0v) is 16.8. The van der Waals surface area contributed by atoms with Crippen LogP contribution >= 0.6 is 0 Å². The van der Waals surface area contributed by atoms with Gasteiger partial charge in [0.2, 0.25) is 11.8 Å². The van der Waals surface area contributed by atoms with Crippen molar-refractivity contribution in [2.75, 3.05) is 19.6 Å². The molecule has 6 heteroatoms. The number of carbonyl (C=O) groups is 2. The van der Waals surface area contributed by atoms with E-state index < -0.39 is 0 Å². The van der Waals surface area contributed by atoms with Gasteiger partial charge in [-0.1, -0.05) is 6.07 Å². The number of hydrogen-bond donors (Lipinski definition) is 1. The van der Waals surface area contributed by atoms with Crippen molar-refractivity contribution in [2.24, 2.45) is 11.8 Å². The Balaban J connectivity index is 1.54. The Hall–Kier alpha value is -1.95. The van der Waals surface area contributed by atoms with Crippen molar-refractivity contribution in [3.05, 3.63) is 35.1 Å². The standard InChI is InChI=1S/C22H30FN3O2/c1-14-8-19(23)7-6-16(14)11-25-12-17-9-18(13-25)21(10-24-15(2)27)26-20(17)4-3-5-22(26)28/h6-8,17-18,20-21H,3-5,9-13H2,1-2H3,(H,24,27)/t17-,18+,20+,21+/m1/s1. The number of likely N-dealkylation sites (tertiary alicyclic amines) is 1. The van der Waals surface area contributed by atoms with Crippen LogP contribution in [0.25, 0.3) is 0 Å². The summed E-state index contributed by atoms with van der Waals surface area (Å²) in [6.45, 7) is 6.74. The first-order valence-corrected chi connectivity index (χ1v) is 10.5. The van der Waals surface area contributed by atoms with E-state index in [4.69, 9.17) is 0 Å². The van der Waals surface area contributed by atoms with Crippen LogP contribution in [-0.2, 0) is 16.1 Å². The first-order chi connectivity index (χ1) is 13.4. The Bertz CT molecular complexity index is 768. The highest BCUT2D eigenvalue weighted by Crippen LogP contribution is 2.41. The van der Waals surface area contributed by atoms with Crippen molar-refractivity contribution in [2.45, 2.75) is 58.2 Å². The zero-order chi connectivity index (χ0) is 19.8. The lowest BCUT2D eigenvalue weighted by Crippen LogP contribution is -2.66. The van der Waals surface area contributed by atoms with Gasteiger partial charge < -0.3 is 10.2 Å². The summed E-state index contributed by atoms with van der Waals surface area (Å²) < 4.78 is 13.5. The van der Waals surface area contributed by atoms with Crippen LogP contribution < -0.4 is 5.32 Å². The fraction of sp³-hybridized carbons (Fsp3) is 0.636. The van der Waals surface area contributed by atoms with Crippen LogP contribution in [0, 0.1) is 24.6 Å². The summed E-state index contributed by atoms with van der Waals surface area (Å²) >= 11 is 0. The first-order valence-electron chi connectivity index (χ1n) is 10.5. The molecule has 3 fully saturated rings. The fourth-order valence-electron chi connectivity index (χ4n) is 5.59. The van der Waals surface area contributed by atoms with E-state index in [1.165, 1.54) is 13.0 Å². The summed E-state index contributed by atoms with van der Waals surface area (Å²) in [5.74, 6) is 0.868. The predicted octanol–water partition coefficient (Wildman–Crippen LogP) is 2.47. The molecule has 0 saturated carbocycles. The van der Waals surface area contributed by atoms with E-state index in [1.807, 2.05) is 13.0 Å². The van der Waals surface area contributed by atoms with Crippen molar-refractivity contribution in [3.8, 4) is 0 Å². The Kier molecular flexibility index (Phi) is 5.41. The minimum absolute atomic E-state index is 0.0438. The quantitative estimate of drug-likeness (QED) is 0.864. The second kappa shape index (κ2) is 7.82. The Morgan fingerprint density at radius 2 is 2.07 bits per heavy atom. The minimum Gasteiger partial charge on any atom is -0.354 e. The maximum atomic E-state index is 13.5. The van der Waals surface area contributed by atoms with E-state index in [1.54, 1.807) is 6.07 Å². The van der Waals surface area contributed by atoms with Crippen molar-refractivity contribution in [3.63, 3.8) is 0 Å². The van der Waals surface area contributed by atoms with Crippen LogP contribution in [0.2, 0.25) is 0 Å². The van der Waals surface area contributed by atoms with E-state index in [2.05, 4.69) is 15.1 Å². The molecular formula is C22H30FN3O2. The molecule has 152 valence electrons. The summed E-state index contributed by atoms with van der Waals surface area (Å²) in [6.07, 6.45) is 3.77. The smallest absolute Gasteiger partial charge is 0.223 e. The van der Waals surface area contributed by atoms with Gasteiger partial charge in [0.1, 0.15) is 5.82 Å². The highest BCUT2D eigenvalue weighted by atomic mass is 19.1. The molecule has 3 saturated heterocycles. The van der Waals surface area contributed by atoms with E-state index in [0.29, 0.717) is 24.8 Å². The Morgan fingerprint density at radius 3 is 2.82 bits per heavy atom. The van der Waals surface area contributed by atoms with Gasteiger partial charge in [0, 0.05) is 45.6 Å². The number of benzene rings is 1. The highest BCUT2D eigenvalue weighted by molar-refractivity contribution is 5.78. The Morgan fingerprint density at radius 1 is 1.29 bits per heavy atom. The van der Waals surface area contributed by atoms with Gasteiger partial charge in [0.25, 0.3) is 0 Å². The molecule has 0 unspecified atom stereocenters. The van der Waals surface area contributed by atoms with Crippen LogP contribution in [0.5, 0.6) is 0 Å². The molecule has 28 heavy (non-hydrogen) atoms. The van der Waals surface area contributed by atoms with E-state index in [-0.39, 0.29) is 29.7 Å². The number of rotatable bonds is 4. The van der Waals surface area contributed by atoms with Gasteiger partial charge in [-0.05, 0) is 61.3 Å². The molecule has 4 rings (SSSR count). The predicted molar refractivity (Wildman–Crippen MR) is 105 cm³/mol. The van der Waals surface area contributed by atoms with E-state index in [0.717, 1.165) is 50.0 Å². The lowest BCUT2D eigenvalue weighted by Gasteiger charge is -2.56. The molecule has 0 aromatic heterocycles. The number of nitrogens with one attached hydrogen (secondary N) is 1. The number of carbonyl (C=O) groups excluding carboxylic acids is 2. The number of piperidine rings is 3. The van der Waals surface area contributed by atoms with Gasteiger partial charge in [0.05, 0.1) is 6.04 Å². The van der Waals surface area contributed by atoms with Crippen LogP contribution in [0.4, 0.5) is 4.39 Å². The lowest BCUT2D eigenvalue weighted by atomic mass is 9.72. The van der Waals surface area contributed by atoms with Gasteiger partial charge in [-0.2, -0.15) is 0 Å². The zero-order valence-electron chi connectivity index (χ0n) is 16.8. The molecule has 3 heterocycles. The average Bonchev–Trinajstić information content (AvgIpc) is 2.64. The molecule has 3 aliphatic rings. The summed E-state index contributed by atoms with van der Waals surface area (Å²) in [5, 5.41) is 2.96. The van der Waals surface area contributed by atoms with Crippen LogP contribution in [-0.4, -0.2) is 53.3 Å². The second-order valence-electron chi connectivity index (χ2n) is 8.79. The number of aryl methyl sites for hydroxylation is 1. The molecule has 2 amide bonds. The van der Waals surface area contributed by atoms with Gasteiger partial charge >= 0.3 is 0 Å². The van der Waals surface area contributed by atoms with Crippen molar-refractivity contribution < 1.29 is 14.0 Å². The summed E-state index contributed by atoms with van der Waals surface area (Å²) in [7, 11) is 0. The summed E-state index contributed by atoms with van der Waals surface area (Å²) in [5.41, 5.74) is 2.15. The third kappa shape index (κ3) is 3.79. The topological polar surface area (TPSA) is 52.7 Å².